The van der Waals surface area contributed by atoms with Crippen LogP contribution in [-0.2, 0) is 5.60 Å². The summed E-state index contributed by atoms with van der Waals surface area (Å²) in [6.45, 7) is 2.07. The highest BCUT2D eigenvalue weighted by Gasteiger charge is 2.40. The lowest BCUT2D eigenvalue weighted by Gasteiger charge is -2.27. The van der Waals surface area contributed by atoms with Crippen LogP contribution in [0.2, 0.25) is 0 Å². The lowest BCUT2D eigenvalue weighted by Crippen LogP contribution is -2.32. The molecule has 15 heavy (non-hydrogen) atoms. The molecule has 3 heteroatoms. The first-order valence-corrected chi connectivity index (χ1v) is 6.13. The molecule has 1 N–H and O–H groups in total. The van der Waals surface area contributed by atoms with Gasteiger partial charge in [-0.2, -0.15) is 17.0 Å². The van der Waals surface area contributed by atoms with Gasteiger partial charge in [0.1, 0.15) is 5.60 Å². The summed E-state index contributed by atoms with van der Waals surface area (Å²) >= 11 is 1.78. The zero-order valence-corrected chi connectivity index (χ0v) is 9.42. The lowest BCUT2D eigenvalue weighted by atomic mass is 9.85. The van der Waals surface area contributed by atoms with E-state index >= 15 is 0 Å². The zero-order chi connectivity index (χ0) is 10.9. The number of thioether (sulfide) groups is 1. The second kappa shape index (κ2) is 3.88. The summed E-state index contributed by atoms with van der Waals surface area (Å²) in [5.41, 5.74) is 0.859. The Morgan fingerprint density at radius 2 is 2.13 bits per heavy atom. The van der Waals surface area contributed by atoms with Gasteiger partial charge in [-0.3, -0.25) is 0 Å². The van der Waals surface area contributed by atoms with E-state index in [1.54, 1.807) is 23.9 Å². The van der Waals surface area contributed by atoms with Crippen molar-refractivity contribution >= 4 is 11.8 Å². The number of rotatable bonds is 1. The van der Waals surface area contributed by atoms with Crippen LogP contribution in [0.5, 0.6) is 0 Å². The first-order valence-electron chi connectivity index (χ1n) is 4.97. The van der Waals surface area contributed by atoms with Crippen LogP contribution in [0.1, 0.15) is 18.1 Å². The van der Waals surface area contributed by atoms with Gasteiger partial charge in [0, 0.05) is 5.75 Å². The van der Waals surface area contributed by atoms with E-state index in [1.165, 1.54) is 0 Å². The Labute approximate surface area is 93.9 Å². The molecule has 1 fully saturated rings. The van der Waals surface area contributed by atoms with Crippen molar-refractivity contribution in [3.05, 3.63) is 35.4 Å². The van der Waals surface area contributed by atoms with Crippen molar-refractivity contribution in [3.8, 4) is 6.07 Å². The van der Waals surface area contributed by atoms with Crippen molar-refractivity contribution < 1.29 is 5.11 Å². The minimum absolute atomic E-state index is 0.274. The molecule has 1 aliphatic rings. The number of benzene rings is 1. The topological polar surface area (TPSA) is 44.0 Å². The fourth-order valence-electron chi connectivity index (χ4n) is 1.87. The van der Waals surface area contributed by atoms with Gasteiger partial charge in [-0.15, -0.1) is 0 Å². The van der Waals surface area contributed by atoms with E-state index in [1.807, 2.05) is 12.1 Å². The van der Waals surface area contributed by atoms with Gasteiger partial charge in [0.2, 0.25) is 0 Å². The molecule has 78 valence electrons. The maximum absolute atomic E-state index is 10.5. The average molecular weight is 219 g/mol. The molecule has 0 radical (unpaired) electrons. The Kier molecular flexibility index (Phi) is 2.72. The molecule has 0 aromatic heterocycles. The lowest BCUT2D eigenvalue weighted by molar-refractivity contribution is 0.0234. The van der Waals surface area contributed by atoms with Crippen LogP contribution in [0.4, 0.5) is 0 Å². The maximum atomic E-state index is 10.5. The van der Waals surface area contributed by atoms with Gasteiger partial charge in [0.25, 0.3) is 0 Å². The second-order valence-electron chi connectivity index (χ2n) is 4.03. The normalized spacial score (nSPS) is 30.1. The fourth-order valence-corrected chi connectivity index (χ4v) is 3.38. The fraction of sp³-hybridized carbons (Fsp3) is 0.417. The van der Waals surface area contributed by atoms with Crippen LogP contribution in [0.3, 0.4) is 0 Å². The second-order valence-corrected chi connectivity index (χ2v) is 5.06. The van der Waals surface area contributed by atoms with Gasteiger partial charge in [-0.25, -0.2) is 0 Å². The van der Waals surface area contributed by atoms with Crippen LogP contribution in [0, 0.1) is 17.2 Å². The monoisotopic (exact) mass is 219 g/mol. The third kappa shape index (κ3) is 1.75. The van der Waals surface area contributed by atoms with Gasteiger partial charge < -0.3 is 5.11 Å². The summed E-state index contributed by atoms with van der Waals surface area (Å²) in [5.74, 6) is 2.02. The summed E-state index contributed by atoms with van der Waals surface area (Å²) in [4.78, 5) is 0. The van der Waals surface area contributed by atoms with Gasteiger partial charge in [-0.05, 0) is 29.4 Å². The highest BCUT2D eigenvalue weighted by Crippen LogP contribution is 2.41. The Hall–Kier alpha value is -0.980. The Morgan fingerprint density at radius 3 is 2.60 bits per heavy atom. The standard InChI is InChI=1S/C12H13NOS/c1-9-7-15-8-12(9,14)11-4-2-10(6-13)3-5-11/h2-5,9,14H,7-8H2,1H3/t9-,12-/m0/s1. The maximum Gasteiger partial charge on any atom is 0.102 e. The van der Waals surface area contributed by atoms with E-state index in [0.29, 0.717) is 5.56 Å². The number of nitrogens with zero attached hydrogens (tertiary/aromatic N) is 1. The Morgan fingerprint density at radius 1 is 1.47 bits per heavy atom. The van der Waals surface area contributed by atoms with Gasteiger partial charge in [0.05, 0.1) is 11.6 Å². The Bertz CT molecular complexity index is 395. The molecule has 0 aliphatic carbocycles. The molecule has 1 aromatic rings. The first-order chi connectivity index (χ1) is 7.16. The predicted molar refractivity (Wildman–Crippen MR) is 61.5 cm³/mol. The smallest absolute Gasteiger partial charge is 0.102 e. The third-order valence-corrected chi connectivity index (χ3v) is 4.40. The molecule has 0 saturated carbocycles. The van der Waals surface area contributed by atoms with Gasteiger partial charge in [0.15, 0.2) is 0 Å². The third-order valence-electron chi connectivity index (χ3n) is 3.02. The van der Waals surface area contributed by atoms with Crippen LogP contribution in [0.15, 0.2) is 24.3 Å². The van der Waals surface area contributed by atoms with Crippen molar-refractivity contribution in [1.82, 2.24) is 0 Å². The van der Waals surface area contributed by atoms with Crippen molar-refractivity contribution in [1.29, 1.82) is 5.26 Å². The highest BCUT2D eigenvalue weighted by molar-refractivity contribution is 7.99. The van der Waals surface area contributed by atoms with E-state index in [2.05, 4.69) is 13.0 Å². The largest absolute Gasteiger partial charge is 0.384 e. The molecule has 2 rings (SSSR count). The molecule has 1 saturated heterocycles. The molecule has 0 bridgehead atoms. The summed E-state index contributed by atoms with van der Waals surface area (Å²) in [6.07, 6.45) is 0. The van der Waals surface area contributed by atoms with Crippen LogP contribution in [0.25, 0.3) is 0 Å². The summed E-state index contributed by atoms with van der Waals surface area (Å²) in [5, 5.41) is 19.2. The molecule has 2 nitrogen and oxygen atoms in total. The SMILES string of the molecule is C[C@H]1CSC[C@@]1(O)c1ccc(C#N)cc1. The predicted octanol–water partition coefficient (Wildman–Crippen LogP) is 2.13. The van der Waals surface area contributed by atoms with Crippen LogP contribution >= 0.6 is 11.8 Å². The minimum atomic E-state index is -0.710. The first kappa shape index (κ1) is 10.5. The molecule has 1 aromatic carbocycles. The Balaban J connectivity index is 2.33. The summed E-state index contributed by atoms with van der Waals surface area (Å²) in [6, 6.07) is 9.34. The number of aliphatic hydroxyl groups is 1. The highest BCUT2D eigenvalue weighted by atomic mass is 32.2. The zero-order valence-electron chi connectivity index (χ0n) is 8.60. The van der Waals surface area contributed by atoms with Crippen molar-refractivity contribution in [2.24, 2.45) is 5.92 Å². The number of hydrogen-bond acceptors (Lipinski definition) is 3. The van der Waals surface area contributed by atoms with Crippen LogP contribution in [-0.4, -0.2) is 16.6 Å². The van der Waals surface area contributed by atoms with E-state index < -0.39 is 5.60 Å². The van der Waals surface area contributed by atoms with Gasteiger partial charge in [-0.1, -0.05) is 19.1 Å². The number of nitriles is 1. The molecular formula is C12H13NOS. The quantitative estimate of drug-likeness (QED) is 0.787. The van der Waals surface area contributed by atoms with E-state index in [-0.39, 0.29) is 5.92 Å². The molecular weight excluding hydrogens is 206 g/mol. The molecule has 0 amide bonds. The minimum Gasteiger partial charge on any atom is -0.384 e. The molecule has 2 atom stereocenters. The van der Waals surface area contributed by atoms with Crippen molar-refractivity contribution in [3.63, 3.8) is 0 Å². The number of hydrogen-bond donors (Lipinski definition) is 1. The molecule has 1 aliphatic heterocycles. The molecule has 0 unspecified atom stereocenters. The van der Waals surface area contributed by atoms with Gasteiger partial charge >= 0.3 is 0 Å². The van der Waals surface area contributed by atoms with E-state index in [4.69, 9.17) is 5.26 Å². The van der Waals surface area contributed by atoms with Crippen molar-refractivity contribution in [2.75, 3.05) is 11.5 Å². The summed E-state index contributed by atoms with van der Waals surface area (Å²) < 4.78 is 0. The van der Waals surface area contributed by atoms with E-state index in [9.17, 15) is 5.11 Å². The van der Waals surface area contributed by atoms with Crippen LogP contribution < -0.4 is 0 Å². The average Bonchev–Trinajstić information content (AvgIpc) is 2.61. The van der Waals surface area contributed by atoms with E-state index in [0.717, 1.165) is 17.1 Å². The van der Waals surface area contributed by atoms with Crippen molar-refractivity contribution in [2.45, 2.75) is 12.5 Å². The molecule has 1 heterocycles. The molecule has 0 spiro atoms. The summed E-state index contributed by atoms with van der Waals surface area (Å²) in [7, 11) is 0.